The normalized spacial score (nSPS) is 20.2. The average Bonchev–Trinajstić information content (AvgIpc) is 3.13. The van der Waals surface area contributed by atoms with Crippen LogP contribution >= 0.6 is 31.9 Å². The number of rotatable bonds is 8. The van der Waals surface area contributed by atoms with Crippen LogP contribution in [0.5, 0.6) is 5.75 Å². The largest absolute Gasteiger partial charge is 0.506 e. The SMILES string of the molecule is COC(=O)CC1CCN(C2CCN(C(=O)[C@@H](Cc3cc(Br)c(O)c(Br)c3)NC(=O)N3CCC(N4Cc5ccccc5NC4=O)CC3)CC2)CC1. The standard InChI is InChI=1S/C36H46Br2N6O6/c1-50-32(45)21-23-6-12-41(13-7-23)26-8-14-42(15-9-26)34(47)31(20-24-18-28(37)33(46)29(38)19-24)40-35(48)43-16-10-27(11-17-43)44-22-25-4-2-3-5-30(25)39-36(44)49/h2-5,18-19,23,26-27,31,46H,6-17,20-22H2,1H3,(H,39,49)(H,40,48)/t31-/m1/s1. The Labute approximate surface area is 310 Å². The van der Waals surface area contributed by atoms with Gasteiger partial charge in [-0.1, -0.05) is 18.2 Å². The van der Waals surface area contributed by atoms with Crippen LogP contribution in [-0.4, -0.2) is 113 Å². The number of carbonyl (C=O) groups excluding carboxylic acids is 4. The number of phenolic OH excluding ortho intramolecular Hbond substituents is 1. The molecule has 2 aromatic carbocycles. The zero-order valence-corrected chi connectivity index (χ0v) is 31.6. The Bertz CT molecular complexity index is 1550. The number of nitrogens with one attached hydrogen (secondary N) is 2. The van der Waals surface area contributed by atoms with E-state index in [9.17, 15) is 24.3 Å². The van der Waals surface area contributed by atoms with Crippen molar-refractivity contribution in [1.29, 1.82) is 0 Å². The first-order valence-electron chi connectivity index (χ1n) is 17.6. The Hall–Kier alpha value is -3.36. The van der Waals surface area contributed by atoms with Crippen LogP contribution in [0.4, 0.5) is 15.3 Å². The number of urea groups is 2. The maximum absolute atomic E-state index is 14.1. The minimum atomic E-state index is -0.793. The van der Waals surface area contributed by atoms with Crippen molar-refractivity contribution in [1.82, 2.24) is 24.9 Å². The topological polar surface area (TPSA) is 135 Å². The van der Waals surface area contributed by atoms with E-state index in [4.69, 9.17) is 4.74 Å². The molecule has 0 spiro atoms. The van der Waals surface area contributed by atoms with E-state index < -0.39 is 6.04 Å². The van der Waals surface area contributed by atoms with E-state index in [2.05, 4.69) is 47.4 Å². The van der Waals surface area contributed by atoms with E-state index >= 15 is 0 Å². The number of carbonyl (C=O) groups is 4. The summed E-state index contributed by atoms with van der Waals surface area (Å²) < 4.78 is 5.86. The third-order valence-corrected chi connectivity index (χ3v) is 12.0. The highest BCUT2D eigenvalue weighted by molar-refractivity contribution is 9.11. The Morgan fingerprint density at radius 1 is 0.920 bits per heavy atom. The van der Waals surface area contributed by atoms with Crippen LogP contribution < -0.4 is 10.6 Å². The van der Waals surface area contributed by atoms with Gasteiger partial charge in [-0.05, 0) is 119 Å². The van der Waals surface area contributed by atoms with Gasteiger partial charge < -0.3 is 40.1 Å². The first kappa shape index (κ1) is 36.4. The van der Waals surface area contributed by atoms with E-state index in [1.54, 1.807) is 17.0 Å². The molecule has 4 aliphatic rings. The summed E-state index contributed by atoms with van der Waals surface area (Å²) in [6.07, 6.45) is 5.67. The van der Waals surface area contributed by atoms with Gasteiger partial charge in [0, 0.05) is 63.3 Å². The summed E-state index contributed by atoms with van der Waals surface area (Å²) in [7, 11) is 1.44. The number of methoxy groups -OCH3 is 1. The molecule has 0 aliphatic carbocycles. The van der Waals surface area contributed by atoms with Gasteiger partial charge in [0.1, 0.15) is 11.8 Å². The summed E-state index contributed by atoms with van der Waals surface area (Å²) in [5.74, 6) is 0.168. The Morgan fingerprint density at radius 2 is 1.54 bits per heavy atom. The number of likely N-dealkylation sites (tertiary alicyclic amines) is 3. The highest BCUT2D eigenvalue weighted by Crippen LogP contribution is 2.34. The van der Waals surface area contributed by atoms with Crippen molar-refractivity contribution in [3.8, 4) is 5.75 Å². The minimum Gasteiger partial charge on any atom is -0.506 e. The van der Waals surface area contributed by atoms with Crippen molar-refractivity contribution >= 4 is 61.5 Å². The molecular formula is C36H46Br2N6O6. The van der Waals surface area contributed by atoms with Crippen LogP contribution in [0.25, 0.3) is 0 Å². The van der Waals surface area contributed by atoms with Gasteiger partial charge in [0.15, 0.2) is 0 Å². The Morgan fingerprint density at radius 3 is 2.20 bits per heavy atom. The van der Waals surface area contributed by atoms with Crippen LogP contribution in [0.3, 0.4) is 0 Å². The first-order chi connectivity index (χ1) is 24.1. The van der Waals surface area contributed by atoms with Crippen LogP contribution in [0.2, 0.25) is 0 Å². The van der Waals surface area contributed by atoms with Crippen molar-refractivity contribution in [2.75, 3.05) is 51.7 Å². The minimum absolute atomic E-state index is 0.0106. The van der Waals surface area contributed by atoms with Gasteiger partial charge in [0.2, 0.25) is 5.91 Å². The molecule has 2 aromatic rings. The number of aromatic hydroxyl groups is 1. The zero-order valence-electron chi connectivity index (χ0n) is 28.4. The Balaban J connectivity index is 1.06. The number of esters is 1. The molecule has 0 unspecified atom stereocenters. The molecule has 4 heterocycles. The number of fused-ring (bicyclic) bond motifs is 1. The predicted molar refractivity (Wildman–Crippen MR) is 196 cm³/mol. The molecule has 3 fully saturated rings. The maximum Gasteiger partial charge on any atom is 0.322 e. The van der Waals surface area contributed by atoms with Gasteiger partial charge in [-0.2, -0.15) is 0 Å². The number of benzene rings is 2. The van der Waals surface area contributed by atoms with Crippen molar-refractivity contribution in [2.24, 2.45) is 5.92 Å². The molecule has 270 valence electrons. The van der Waals surface area contributed by atoms with Gasteiger partial charge in [0.05, 0.1) is 16.1 Å². The summed E-state index contributed by atoms with van der Waals surface area (Å²) in [6.45, 7) is 4.58. The van der Waals surface area contributed by atoms with Crippen LogP contribution in [0.1, 0.15) is 56.1 Å². The van der Waals surface area contributed by atoms with E-state index in [1.807, 2.05) is 34.1 Å². The Kier molecular flexibility index (Phi) is 11.9. The van der Waals surface area contributed by atoms with Crippen molar-refractivity contribution in [3.63, 3.8) is 0 Å². The molecule has 3 saturated heterocycles. The number of amides is 5. The van der Waals surface area contributed by atoms with Gasteiger partial charge in [-0.25, -0.2) is 9.59 Å². The van der Waals surface area contributed by atoms with E-state index in [0.717, 1.165) is 55.6 Å². The molecule has 4 aliphatic heterocycles. The number of phenols is 1. The highest BCUT2D eigenvalue weighted by Gasteiger charge is 2.36. The molecule has 14 heteroatoms. The second-order valence-electron chi connectivity index (χ2n) is 13.9. The lowest BCUT2D eigenvalue weighted by Crippen LogP contribution is -2.57. The average molecular weight is 819 g/mol. The molecule has 0 bridgehead atoms. The quantitative estimate of drug-likeness (QED) is 0.308. The van der Waals surface area contributed by atoms with Crippen molar-refractivity contribution in [3.05, 3.63) is 56.5 Å². The van der Waals surface area contributed by atoms with Crippen LogP contribution in [0.15, 0.2) is 45.3 Å². The summed E-state index contributed by atoms with van der Waals surface area (Å²) in [4.78, 5) is 60.4. The lowest BCUT2D eigenvalue weighted by atomic mass is 9.91. The molecule has 6 rings (SSSR count). The number of para-hydroxylation sites is 1. The number of piperidine rings is 3. The maximum atomic E-state index is 14.1. The summed E-state index contributed by atoms with van der Waals surface area (Å²) >= 11 is 6.80. The summed E-state index contributed by atoms with van der Waals surface area (Å²) in [5.41, 5.74) is 2.71. The molecular weight excluding hydrogens is 772 g/mol. The smallest absolute Gasteiger partial charge is 0.322 e. The number of hydrogen-bond donors (Lipinski definition) is 3. The molecule has 12 nitrogen and oxygen atoms in total. The molecule has 1 atom stereocenters. The fourth-order valence-electron chi connectivity index (χ4n) is 7.82. The predicted octanol–water partition coefficient (Wildman–Crippen LogP) is 5.32. The second kappa shape index (κ2) is 16.3. The monoisotopic (exact) mass is 816 g/mol. The lowest BCUT2D eigenvalue weighted by Gasteiger charge is -2.42. The third kappa shape index (κ3) is 8.56. The fraction of sp³-hybridized carbons (Fsp3) is 0.556. The molecule has 0 aromatic heterocycles. The fourth-order valence-corrected chi connectivity index (χ4v) is 9.10. The highest BCUT2D eigenvalue weighted by atomic mass is 79.9. The summed E-state index contributed by atoms with van der Waals surface area (Å²) in [5, 5.41) is 16.3. The third-order valence-electron chi connectivity index (χ3n) is 10.8. The number of ether oxygens (including phenoxy) is 1. The second-order valence-corrected chi connectivity index (χ2v) is 15.6. The van der Waals surface area contributed by atoms with E-state index in [0.29, 0.717) is 72.9 Å². The number of anilines is 1. The van der Waals surface area contributed by atoms with Crippen LogP contribution in [-0.2, 0) is 27.3 Å². The van der Waals surface area contributed by atoms with Crippen molar-refractivity contribution < 1.29 is 29.0 Å². The van der Waals surface area contributed by atoms with Gasteiger partial charge in [-0.15, -0.1) is 0 Å². The molecule has 0 saturated carbocycles. The van der Waals surface area contributed by atoms with Gasteiger partial charge in [0.25, 0.3) is 0 Å². The molecule has 5 amide bonds. The molecule has 3 N–H and O–H groups in total. The number of halogens is 2. The summed E-state index contributed by atoms with van der Waals surface area (Å²) in [6, 6.07) is 10.5. The number of nitrogens with zero attached hydrogens (tertiary/aromatic N) is 4. The molecule has 0 radical (unpaired) electrons. The van der Waals surface area contributed by atoms with Gasteiger partial charge in [-0.3, -0.25) is 9.59 Å². The van der Waals surface area contributed by atoms with E-state index in [-0.39, 0.29) is 42.2 Å². The molecule has 50 heavy (non-hydrogen) atoms. The first-order valence-corrected chi connectivity index (χ1v) is 19.2. The number of hydrogen-bond acceptors (Lipinski definition) is 7. The van der Waals surface area contributed by atoms with Crippen molar-refractivity contribution in [2.45, 2.75) is 76.0 Å². The lowest BCUT2D eigenvalue weighted by molar-refractivity contribution is -0.142. The van der Waals surface area contributed by atoms with E-state index in [1.165, 1.54) is 7.11 Å². The zero-order chi connectivity index (χ0) is 35.4. The van der Waals surface area contributed by atoms with Gasteiger partial charge >= 0.3 is 18.0 Å². The van der Waals surface area contributed by atoms with Crippen LogP contribution in [0, 0.1) is 5.92 Å².